The van der Waals surface area contributed by atoms with Crippen LogP contribution in [0, 0.1) is 0 Å². The minimum atomic E-state index is -0.462. The Morgan fingerprint density at radius 3 is 2.89 bits per heavy atom. The fourth-order valence-corrected chi connectivity index (χ4v) is 2.15. The monoisotopic (exact) mass is 249 g/mol. The highest BCUT2D eigenvalue weighted by atomic mass is 16.5. The van der Waals surface area contributed by atoms with Gasteiger partial charge in [0.15, 0.2) is 6.10 Å². The van der Waals surface area contributed by atoms with Crippen molar-refractivity contribution in [3.05, 3.63) is 29.8 Å². The molecule has 0 aromatic heterocycles. The fourth-order valence-electron chi connectivity index (χ4n) is 2.15. The van der Waals surface area contributed by atoms with Crippen LogP contribution >= 0.6 is 0 Å². The SMILES string of the molecule is CC(O)CCNC(=O)C1Oc2ccccc2C1C. The van der Waals surface area contributed by atoms with Gasteiger partial charge in [-0.25, -0.2) is 0 Å². The molecular weight excluding hydrogens is 230 g/mol. The number of rotatable bonds is 4. The molecule has 1 amide bonds. The van der Waals surface area contributed by atoms with E-state index in [1.165, 1.54) is 0 Å². The van der Waals surface area contributed by atoms with Gasteiger partial charge in [0.1, 0.15) is 5.75 Å². The summed E-state index contributed by atoms with van der Waals surface area (Å²) in [4.78, 5) is 12.0. The van der Waals surface area contributed by atoms with Crippen molar-refractivity contribution >= 4 is 5.91 Å². The summed E-state index contributed by atoms with van der Waals surface area (Å²) in [6, 6.07) is 7.73. The number of ether oxygens (including phenoxy) is 1. The van der Waals surface area contributed by atoms with Crippen molar-refractivity contribution < 1.29 is 14.6 Å². The maximum absolute atomic E-state index is 12.0. The molecule has 0 fully saturated rings. The van der Waals surface area contributed by atoms with E-state index >= 15 is 0 Å². The largest absolute Gasteiger partial charge is 0.480 e. The second kappa shape index (κ2) is 5.40. The Morgan fingerprint density at radius 1 is 1.50 bits per heavy atom. The number of carbonyl (C=O) groups is 1. The summed E-state index contributed by atoms with van der Waals surface area (Å²) in [5.74, 6) is 0.743. The zero-order chi connectivity index (χ0) is 13.1. The number of para-hydroxylation sites is 1. The molecule has 18 heavy (non-hydrogen) atoms. The van der Waals surface area contributed by atoms with Gasteiger partial charge >= 0.3 is 0 Å². The average Bonchev–Trinajstić information content (AvgIpc) is 2.67. The summed E-state index contributed by atoms with van der Waals surface area (Å²) < 4.78 is 5.66. The van der Waals surface area contributed by atoms with Gasteiger partial charge in [-0.2, -0.15) is 0 Å². The van der Waals surface area contributed by atoms with Crippen molar-refractivity contribution in [1.82, 2.24) is 5.32 Å². The van der Waals surface area contributed by atoms with Crippen LogP contribution in [0.25, 0.3) is 0 Å². The Balaban J connectivity index is 1.94. The number of hydrogen-bond donors (Lipinski definition) is 2. The van der Waals surface area contributed by atoms with E-state index in [1.807, 2.05) is 31.2 Å². The zero-order valence-corrected chi connectivity index (χ0v) is 10.7. The molecule has 1 aliphatic rings. The molecule has 0 aliphatic carbocycles. The third kappa shape index (κ3) is 2.64. The summed E-state index contributed by atoms with van der Waals surface area (Å²) in [5, 5.41) is 11.9. The maximum atomic E-state index is 12.0. The first kappa shape index (κ1) is 12.9. The first-order valence-corrected chi connectivity index (χ1v) is 6.31. The van der Waals surface area contributed by atoms with Crippen molar-refractivity contribution in [2.24, 2.45) is 0 Å². The number of amides is 1. The van der Waals surface area contributed by atoms with Crippen LogP contribution in [0.5, 0.6) is 5.75 Å². The van der Waals surface area contributed by atoms with Crippen LogP contribution < -0.4 is 10.1 Å². The predicted molar refractivity (Wildman–Crippen MR) is 68.6 cm³/mol. The van der Waals surface area contributed by atoms with Crippen molar-refractivity contribution in [2.45, 2.75) is 38.4 Å². The quantitative estimate of drug-likeness (QED) is 0.849. The van der Waals surface area contributed by atoms with Crippen molar-refractivity contribution in [2.75, 3.05) is 6.54 Å². The van der Waals surface area contributed by atoms with Crippen LogP contribution in [0.15, 0.2) is 24.3 Å². The minimum Gasteiger partial charge on any atom is -0.480 e. The number of hydrogen-bond acceptors (Lipinski definition) is 3. The second-order valence-electron chi connectivity index (χ2n) is 4.79. The van der Waals surface area contributed by atoms with E-state index in [4.69, 9.17) is 9.84 Å². The summed E-state index contributed by atoms with van der Waals surface area (Å²) in [6.07, 6.45) is -0.305. The highest BCUT2D eigenvalue weighted by Gasteiger charge is 2.35. The normalized spacial score (nSPS) is 23.1. The van der Waals surface area contributed by atoms with Gasteiger partial charge in [-0.05, 0) is 19.4 Å². The molecule has 1 aromatic rings. The maximum Gasteiger partial charge on any atom is 0.261 e. The van der Waals surface area contributed by atoms with Crippen LogP contribution in [0.2, 0.25) is 0 Å². The summed E-state index contributed by atoms with van der Waals surface area (Å²) in [7, 11) is 0. The minimum absolute atomic E-state index is 0.0627. The molecule has 4 heteroatoms. The van der Waals surface area contributed by atoms with E-state index in [0.29, 0.717) is 13.0 Å². The van der Waals surface area contributed by atoms with Crippen LogP contribution in [0.4, 0.5) is 0 Å². The van der Waals surface area contributed by atoms with E-state index in [2.05, 4.69) is 5.32 Å². The van der Waals surface area contributed by atoms with Gasteiger partial charge in [-0.1, -0.05) is 25.1 Å². The Hall–Kier alpha value is -1.55. The van der Waals surface area contributed by atoms with E-state index in [0.717, 1.165) is 11.3 Å². The molecule has 3 unspecified atom stereocenters. The molecule has 2 rings (SSSR count). The van der Waals surface area contributed by atoms with Crippen LogP contribution in [0.1, 0.15) is 31.7 Å². The number of aliphatic hydroxyl groups is 1. The molecular formula is C14H19NO3. The lowest BCUT2D eigenvalue weighted by Crippen LogP contribution is -2.39. The van der Waals surface area contributed by atoms with Crippen molar-refractivity contribution in [3.63, 3.8) is 0 Å². The predicted octanol–water partition coefficient (Wildman–Crippen LogP) is 1.44. The molecule has 0 saturated heterocycles. The molecule has 1 heterocycles. The topological polar surface area (TPSA) is 58.6 Å². The summed E-state index contributed by atoms with van der Waals surface area (Å²) >= 11 is 0. The Bertz CT molecular complexity index is 431. The smallest absolute Gasteiger partial charge is 0.261 e. The molecule has 2 N–H and O–H groups in total. The second-order valence-corrected chi connectivity index (χ2v) is 4.79. The highest BCUT2D eigenvalue weighted by Crippen LogP contribution is 2.37. The van der Waals surface area contributed by atoms with Crippen LogP contribution in [-0.4, -0.2) is 29.8 Å². The third-order valence-electron chi connectivity index (χ3n) is 3.24. The Kier molecular flexibility index (Phi) is 3.87. The number of nitrogens with one attached hydrogen (secondary N) is 1. The first-order chi connectivity index (χ1) is 8.59. The standard InChI is InChI=1S/C14H19NO3/c1-9(16)7-8-15-14(17)13-10(2)11-5-3-4-6-12(11)18-13/h3-6,9-10,13,16H,7-8H2,1-2H3,(H,15,17). The molecule has 98 valence electrons. The molecule has 0 saturated carbocycles. The van der Waals surface area contributed by atoms with Gasteiger partial charge in [-0.15, -0.1) is 0 Å². The van der Waals surface area contributed by atoms with Gasteiger partial charge in [-0.3, -0.25) is 4.79 Å². The number of fused-ring (bicyclic) bond motifs is 1. The Labute approximate surface area is 107 Å². The molecule has 0 radical (unpaired) electrons. The van der Waals surface area contributed by atoms with E-state index < -0.39 is 12.2 Å². The van der Waals surface area contributed by atoms with E-state index in [-0.39, 0.29) is 11.8 Å². The number of aliphatic hydroxyl groups excluding tert-OH is 1. The van der Waals surface area contributed by atoms with Crippen molar-refractivity contribution in [3.8, 4) is 5.75 Å². The molecule has 3 atom stereocenters. The van der Waals surface area contributed by atoms with Gasteiger partial charge in [0.2, 0.25) is 0 Å². The lowest BCUT2D eigenvalue weighted by molar-refractivity contribution is -0.127. The Morgan fingerprint density at radius 2 is 2.22 bits per heavy atom. The van der Waals surface area contributed by atoms with Gasteiger partial charge in [0.05, 0.1) is 6.10 Å². The fraction of sp³-hybridized carbons (Fsp3) is 0.500. The van der Waals surface area contributed by atoms with Gasteiger partial charge in [0.25, 0.3) is 5.91 Å². The van der Waals surface area contributed by atoms with Crippen LogP contribution in [0.3, 0.4) is 0 Å². The number of carbonyl (C=O) groups excluding carboxylic acids is 1. The van der Waals surface area contributed by atoms with E-state index in [1.54, 1.807) is 6.92 Å². The van der Waals surface area contributed by atoms with E-state index in [9.17, 15) is 4.79 Å². The zero-order valence-electron chi connectivity index (χ0n) is 10.7. The van der Waals surface area contributed by atoms with Gasteiger partial charge < -0.3 is 15.2 Å². The van der Waals surface area contributed by atoms with Gasteiger partial charge in [0, 0.05) is 18.0 Å². The highest BCUT2D eigenvalue weighted by molar-refractivity contribution is 5.83. The summed E-state index contributed by atoms with van der Waals surface area (Å²) in [6.45, 7) is 4.17. The van der Waals surface area contributed by atoms with Crippen LogP contribution in [-0.2, 0) is 4.79 Å². The number of benzene rings is 1. The lowest BCUT2D eigenvalue weighted by Gasteiger charge is -2.15. The van der Waals surface area contributed by atoms with Crippen molar-refractivity contribution in [1.29, 1.82) is 0 Å². The lowest BCUT2D eigenvalue weighted by atomic mass is 9.97. The first-order valence-electron chi connectivity index (χ1n) is 6.31. The molecule has 1 aliphatic heterocycles. The molecule has 1 aromatic carbocycles. The molecule has 0 bridgehead atoms. The average molecular weight is 249 g/mol. The third-order valence-corrected chi connectivity index (χ3v) is 3.24. The summed E-state index contributed by atoms with van der Waals surface area (Å²) in [5.41, 5.74) is 1.08. The molecule has 0 spiro atoms. The molecule has 4 nitrogen and oxygen atoms in total.